The number of fused-ring (bicyclic) bond motifs is 1. The van der Waals surface area contributed by atoms with E-state index >= 15 is 0 Å². The van der Waals surface area contributed by atoms with Crippen molar-refractivity contribution in [2.24, 2.45) is 0 Å². The fourth-order valence-corrected chi connectivity index (χ4v) is 5.26. The number of carbonyl (C=O) groups excluding carboxylic acids is 3. The summed E-state index contributed by atoms with van der Waals surface area (Å²) >= 11 is 0.820. The van der Waals surface area contributed by atoms with E-state index in [4.69, 9.17) is 4.74 Å². The molecule has 0 bridgehead atoms. The molecule has 0 aliphatic carbocycles. The van der Waals surface area contributed by atoms with Gasteiger partial charge in [-0.05, 0) is 62.1 Å². The second kappa shape index (κ2) is 8.94. The van der Waals surface area contributed by atoms with Gasteiger partial charge in [0.05, 0.1) is 19.1 Å². The Bertz CT molecular complexity index is 940. The number of imide groups is 1. The third kappa shape index (κ3) is 4.44. The SMILES string of the molecule is CCCN1c2cc(OC)c(/C=C3\SC(=O)N(CC(=O)OC)C3=O)cc2C(C)CC1(C)C. The molecule has 0 radical (unpaired) electrons. The van der Waals surface area contributed by atoms with E-state index in [0.29, 0.717) is 11.7 Å². The minimum absolute atomic E-state index is 0.0332. The van der Waals surface area contributed by atoms with Gasteiger partial charge in [0.15, 0.2) is 0 Å². The van der Waals surface area contributed by atoms with Crippen LogP contribution < -0.4 is 9.64 Å². The predicted octanol–water partition coefficient (Wildman–Crippen LogP) is 4.41. The van der Waals surface area contributed by atoms with Crippen LogP contribution in [0.2, 0.25) is 0 Å². The lowest BCUT2D eigenvalue weighted by atomic mass is 9.79. The minimum Gasteiger partial charge on any atom is -0.496 e. The Morgan fingerprint density at radius 3 is 2.61 bits per heavy atom. The van der Waals surface area contributed by atoms with Gasteiger partial charge < -0.3 is 14.4 Å². The minimum atomic E-state index is -0.637. The summed E-state index contributed by atoms with van der Waals surface area (Å²) in [5.41, 5.74) is 3.13. The van der Waals surface area contributed by atoms with Crippen LogP contribution in [-0.2, 0) is 14.3 Å². The van der Waals surface area contributed by atoms with Crippen molar-refractivity contribution >= 4 is 40.6 Å². The molecular weight excluding hydrogens is 416 g/mol. The third-order valence-corrected chi connectivity index (χ3v) is 6.77. The number of nitrogens with zero attached hydrogens (tertiary/aromatic N) is 2. The van der Waals surface area contributed by atoms with Crippen LogP contribution in [0, 0.1) is 0 Å². The molecule has 2 aliphatic heterocycles. The molecule has 168 valence electrons. The Balaban J connectivity index is 2.02. The fraction of sp³-hybridized carbons (Fsp3) is 0.522. The lowest BCUT2D eigenvalue weighted by Crippen LogP contribution is -2.48. The van der Waals surface area contributed by atoms with E-state index < -0.39 is 23.7 Å². The van der Waals surface area contributed by atoms with Crippen molar-refractivity contribution < 1.29 is 23.9 Å². The molecule has 31 heavy (non-hydrogen) atoms. The van der Waals surface area contributed by atoms with Gasteiger partial charge in [-0.25, -0.2) is 0 Å². The summed E-state index contributed by atoms with van der Waals surface area (Å²) in [4.78, 5) is 40.1. The zero-order chi connectivity index (χ0) is 22.9. The van der Waals surface area contributed by atoms with E-state index in [0.717, 1.165) is 47.3 Å². The quantitative estimate of drug-likeness (QED) is 0.473. The molecule has 0 aromatic heterocycles. The van der Waals surface area contributed by atoms with Crippen LogP contribution in [0.15, 0.2) is 17.0 Å². The van der Waals surface area contributed by atoms with Crippen molar-refractivity contribution in [1.29, 1.82) is 0 Å². The molecule has 7 nitrogen and oxygen atoms in total. The van der Waals surface area contributed by atoms with E-state index in [9.17, 15) is 14.4 Å². The number of ether oxygens (including phenoxy) is 2. The van der Waals surface area contributed by atoms with Crippen LogP contribution in [0.4, 0.5) is 10.5 Å². The van der Waals surface area contributed by atoms with Crippen molar-refractivity contribution in [3.8, 4) is 5.75 Å². The number of methoxy groups -OCH3 is 2. The molecule has 1 unspecified atom stereocenters. The maximum absolute atomic E-state index is 12.7. The van der Waals surface area contributed by atoms with Gasteiger partial charge in [0, 0.05) is 29.4 Å². The molecule has 1 saturated heterocycles. The molecule has 0 spiro atoms. The number of benzene rings is 1. The van der Waals surface area contributed by atoms with Gasteiger partial charge in [-0.2, -0.15) is 0 Å². The zero-order valence-corrected chi connectivity index (χ0v) is 19.8. The number of carbonyl (C=O) groups is 3. The summed E-state index contributed by atoms with van der Waals surface area (Å²) in [5.74, 6) is -0.153. The van der Waals surface area contributed by atoms with E-state index in [-0.39, 0.29) is 10.4 Å². The van der Waals surface area contributed by atoms with E-state index in [2.05, 4.69) is 43.4 Å². The maximum Gasteiger partial charge on any atom is 0.325 e. The molecule has 2 amide bonds. The van der Waals surface area contributed by atoms with Crippen molar-refractivity contribution in [2.75, 3.05) is 32.2 Å². The van der Waals surface area contributed by atoms with Gasteiger partial charge in [-0.3, -0.25) is 19.3 Å². The first-order valence-electron chi connectivity index (χ1n) is 10.4. The van der Waals surface area contributed by atoms with Crippen LogP contribution in [0.5, 0.6) is 5.75 Å². The Morgan fingerprint density at radius 1 is 1.29 bits per heavy atom. The first-order valence-corrected chi connectivity index (χ1v) is 11.3. The highest BCUT2D eigenvalue weighted by atomic mass is 32.2. The summed E-state index contributed by atoms with van der Waals surface area (Å²) < 4.78 is 10.2. The summed E-state index contributed by atoms with van der Waals surface area (Å²) in [6.45, 7) is 9.47. The van der Waals surface area contributed by atoms with Crippen LogP contribution in [-0.4, -0.2) is 54.9 Å². The molecule has 1 aromatic carbocycles. The number of thioether (sulfide) groups is 1. The average Bonchev–Trinajstić information content (AvgIpc) is 2.97. The van der Waals surface area contributed by atoms with Crippen molar-refractivity contribution in [3.63, 3.8) is 0 Å². The van der Waals surface area contributed by atoms with Gasteiger partial charge in [-0.1, -0.05) is 13.8 Å². The standard InChI is InChI=1S/C23H30N2O5S/c1-7-8-25-17-11-18(29-5)15(9-16(17)14(2)12-23(25,3)4)10-19-21(27)24(22(28)31-19)13-20(26)30-6/h9-11,14H,7-8,12-13H2,1-6H3/b19-10-. The molecule has 8 heteroatoms. The molecule has 2 aliphatic rings. The van der Waals surface area contributed by atoms with Crippen LogP contribution >= 0.6 is 11.8 Å². The molecule has 0 saturated carbocycles. The van der Waals surface area contributed by atoms with E-state index in [1.54, 1.807) is 13.2 Å². The summed E-state index contributed by atoms with van der Waals surface area (Å²) in [6, 6.07) is 4.10. The summed E-state index contributed by atoms with van der Waals surface area (Å²) in [7, 11) is 2.82. The predicted molar refractivity (Wildman–Crippen MR) is 122 cm³/mol. The molecule has 3 rings (SSSR count). The number of rotatable bonds is 6. The van der Waals surface area contributed by atoms with Crippen molar-refractivity contribution in [1.82, 2.24) is 4.90 Å². The highest BCUT2D eigenvalue weighted by molar-refractivity contribution is 8.18. The Morgan fingerprint density at radius 2 is 2.00 bits per heavy atom. The lowest BCUT2D eigenvalue weighted by molar-refractivity contribution is -0.143. The largest absolute Gasteiger partial charge is 0.496 e. The highest BCUT2D eigenvalue weighted by Crippen LogP contribution is 2.46. The summed E-state index contributed by atoms with van der Waals surface area (Å²) in [6.07, 6.45) is 3.73. The average molecular weight is 447 g/mol. The number of amides is 2. The molecular formula is C23H30N2O5S. The normalized spacial score (nSPS) is 21.5. The number of hydrogen-bond donors (Lipinski definition) is 0. The van der Waals surface area contributed by atoms with Crippen molar-refractivity contribution in [2.45, 2.75) is 52.0 Å². The molecule has 1 fully saturated rings. The molecule has 1 aromatic rings. The summed E-state index contributed by atoms with van der Waals surface area (Å²) in [5, 5.41) is -0.484. The first-order chi connectivity index (χ1) is 14.6. The third-order valence-electron chi connectivity index (χ3n) is 5.86. The van der Waals surface area contributed by atoms with Crippen LogP contribution in [0.25, 0.3) is 6.08 Å². The first kappa shape index (κ1) is 23.2. The lowest BCUT2D eigenvalue weighted by Gasteiger charge is -2.47. The molecule has 2 heterocycles. The Labute approximate surface area is 187 Å². The number of esters is 1. The second-order valence-corrected chi connectivity index (χ2v) is 9.56. The van der Waals surface area contributed by atoms with Gasteiger partial charge in [0.25, 0.3) is 11.1 Å². The molecule has 1 atom stereocenters. The Kier molecular flexibility index (Phi) is 6.69. The van der Waals surface area contributed by atoms with Gasteiger partial charge >= 0.3 is 5.97 Å². The number of hydrogen-bond acceptors (Lipinski definition) is 7. The van der Waals surface area contributed by atoms with E-state index in [1.807, 2.05) is 6.07 Å². The van der Waals surface area contributed by atoms with Gasteiger partial charge in [0.1, 0.15) is 12.3 Å². The van der Waals surface area contributed by atoms with Crippen molar-refractivity contribution in [3.05, 3.63) is 28.2 Å². The van der Waals surface area contributed by atoms with Gasteiger partial charge in [0.2, 0.25) is 0 Å². The molecule has 0 N–H and O–H groups in total. The Hall–Kier alpha value is -2.48. The van der Waals surface area contributed by atoms with Gasteiger partial charge in [-0.15, -0.1) is 0 Å². The van der Waals surface area contributed by atoms with Crippen LogP contribution in [0.1, 0.15) is 57.6 Å². The topological polar surface area (TPSA) is 76.2 Å². The highest BCUT2D eigenvalue weighted by Gasteiger charge is 2.38. The number of anilines is 1. The van der Waals surface area contributed by atoms with Crippen LogP contribution in [0.3, 0.4) is 0 Å². The monoisotopic (exact) mass is 446 g/mol. The maximum atomic E-state index is 12.7. The van der Waals surface area contributed by atoms with E-state index in [1.165, 1.54) is 12.7 Å². The zero-order valence-electron chi connectivity index (χ0n) is 19.0. The smallest absolute Gasteiger partial charge is 0.325 e. The fourth-order valence-electron chi connectivity index (χ4n) is 4.43. The second-order valence-electron chi connectivity index (χ2n) is 8.57.